The van der Waals surface area contributed by atoms with Crippen molar-refractivity contribution < 1.29 is 24.4 Å². The van der Waals surface area contributed by atoms with E-state index in [1.165, 1.54) is 30.3 Å². The lowest BCUT2D eigenvalue weighted by Gasteiger charge is -2.36. The smallest absolute Gasteiger partial charge is 0.325 e. The molecule has 184 valence electrons. The molecule has 0 aliphatic carbocycles. The van der Waals surface area contributed by atoms with Crippen molar-refractivity contribution in [1.82, 2.24) is 5.32 Å². The molecule has 0 aromatic heterocycles. The molecule has 35 heavy (non-hydrogen) atoms. The summed E-state index contributed by atoms with van der Waals surface area (Å²) in [6, 6.07) is 6.97. The van der Waals surface area contributed by atoms with E-state index < -0.39 is 52.0 Å². The van der Waals surface area contributed by atoms with E-state index >= 15 is 0 Å². The van der Waals surface area contributed by atoms with Gasteiger partial charge in [0.15, 0.2) is 0 Å². The molecular weight excluding hydrogens is 521 g/mol. The Morgan fingerprint density at radius 1 is 1.23 bits per heavy atom. The van der Waals surface area contributed by atoms with Gasteiger partial charge in [-0.05, 0) is 29.7 Å². The van der Waals surface area contributed by atoms with Crippen LogP contribution in [0.1, 0.15) is 31.9 Å². The Bertz CT molecular complexity index is 1270. The molecule has 2 fully saturated rings. The van der Waals surface area contributed by atoms with Gasteiger partial charge in [-0.2, -0.15) is 0 Å². The molecule has 0 spiro atoms. The number of imide groups is 1. The number of anilines is 1. The van der Waals surface area contributed by atoms with Crippen LogP contribution in [0.25, 0.3) is 0 Å². The van der Waals surface area contributed by atoms with Gasteiger partial charge in [-0.1, -0.05) is 61.1 Å². The number of aliphatic carboxylic acids is 1. The maximum atomic E-state index is 13.8. The number of carboxylic acids is 1. The fourth-order valence-electron chi connectivity index (χ4n) is 5.19. The van der Waals surface area contributed by atoms with E-state index in [1.807, 2.05) is 0 Å². The number of carbonyl (C=O) groups excluding carboxylic acids is 2. The van der Waals surface area contributed by atoms with E-state index in [2.05, 4.69) is 5.32 Å². The van der Waals surface area contributed by atoms with Gasteiger partial charge in [0.2, 0.25) is 11.8 Å². The zero-order valence-corrected chi connectivity index (χ0v) is 20.8. The molecule has 0 bridgehead atoms. The van der Waals surface area contributed by atoms with Gasteiger partial charge in [0.25, 0.3) is 5.69 Å². The molecule has 5 unspecified atom stereocenters. The molecule has 2 aromatic carbocycles. The molecule has 12 heteroatoms. The minimum Gasteiger partial charge on any atom is -0.480 e. The summed E-state index contributed by atoms with van der Waals surface area (Å²) in [4.78, 5) is 51.8. The van der Waals surface area contributed by atoms with E-state index in [-0.39, 0.29) is 32.0 Å². The molecule has 0 saturated carbocycles. The van der Waals surface area contributed by atoms with Crippen molar-refractivity contribution in [1.29, 1.82) is 0 Å². The predicted octanol–water partition coefficient (Wildman–Crippen LogP) is 4.87. The summed E-state index contributed by atoms with van der Waals surface area (Å²) >= 11 is 18.9. The van der Waals surface area contributed by atoms with Gasteiger partial charge < -0.3 is 5.11 Å². The van der Waals surface area contributed by atoms with Gasteiger partial charge in [-0.15, -0.1) is 0 Å². The molecule has 2 heterocycles. The second-order valence-electron chi connectivity index (χ2n) is 8.69. The molecule has 0 radical (unpaired) electrons. The van der Waals surface area contributed by atoms with Crippen LogP contribution in [0.3, 0.4) is 0 Å². The summed E-state index contributed by atoms with van der Waals surface area (Å²) in [5, 5.41) is 25.1. The second kappa shape index (κ2) is 9.05. The van der Waals surface area contributed by atoms with Gasteiger partial charge in [-0.3, -0.25) is 29.8 Å². The number of halogens is 3. The zero-order valence-electron chi connectivity index (χ0n) is 18.5. The molecule has 2 saturated heterocycles. The van der Waals surface area contributed by atoms with Crippen molar-refractivity contribution in [3.63, 3.8) is 0 Å². The minimum absolute atomic E-state index is 0.0130. The van der Waals surface area contributed by atoms with E-state index in [9.17, 15) is 29.6 Å². The number of nitro groups is 1. The largest absolute Gasteiger partial charge is 0.480 e. The highest BCUT2D eigenvalue weighted by atomic mass is 35.5. The Labute approximate surface area is 215 Å². The quantitative estimate of drug-likeness (QED) is 0.231. The summed E-state index contributed by atoms with van der Waals surface area (Å²) in [5.41, 5.74) is -1.86. The normalized spacial score (nSPS) is 26.7. The average Bonchev–Trinajstić information content (AvgIpc) is 3.30. The first kappa shape index (κ1) is 25.4. The highest BCUT2D eigenvalue weighted by Crippen LogP contribution is 2.54. The number of nitrogens with zero attached hydrogens (tertiary/aromatic N) is 2. The molecule has 2 aliphatic rings. The SMILES string of the molecule is CCC(C)C1(C(=O)O)NC(c2cc(Cl)cc(Cl)c2Cl)C2C(=O)N(c3cccc([N+](=O)[O-])c3)C(=O)C21. The standard InChI is InChI=1S/C23H20Cl3N3O6/c1-3-10(2)23(22(32)33)17-16(19(27-23)14-7-11(24)8-15(25)18(14)26)20(30)28(21(17)31)12-5-4-6-13(9-12)29(34)35/h4-10,16-17,19,27H,3H2,1-2H3,(H,32,33). The highest BCUT2D eigenvalue weighted by Gasteiger charge is 2.70. The Hall–Kier alpha value is -2.72. The fourth-order valence-corrected chi connectivity index (χ4v) is 5.93. The van der Waals surface area contributed by atoms with Crippen LogP contribution in [0.5, 0.6) is 0 Å². The third-order valence-electron chi connectivity index (χ3n) is 6.99. The monoisotopic (exact) mass is 539 g/mol. The van der Waals surface area contributed by atoms with Gasteiger partial charge in [0, 0.05) is 23.2 Å². The van der Waals surface area contributed by atoms with Crippen LogP contribution in [-0.4, -0.2) is 33.4 Å². The number of hydrogen-bond acceptors (Lipinski definition) is 6. The topological polar surface area (TPSA) is 130 Å². The Morgan fingerprint density at radius 2 is 1.91 bits per heavy atom. The van der Waals surface area contributed by atoms with E-state index in [1.54, 1.807) is 13.8 Å². The molecule has 2 aromatic rings. The van der Waals surface area contributed by atoms with Crippen LogP contribution in [0.4, 0.5) is 11.4 Å². The fraction of sp³-hybridized carbons (Fsp3) is 0.348. The van der Waals surface area contributed by atoms with E-state index in [0.717, 1.165) is 11.0 Å². The van der Waals surface area contributed by atoms with Crippen molar-refractivity contribution in [3.8, 4) is 0 Å². The van der Waals surface area contributed by atoms with Crippen LogP contribution >= 0.6 is 34.8 Å². The molecule has 5 atom stereocenters. The molecule has 2 amide bonds. The lowest BCUT2D eigenvalue weighted by Crippen LogP contribution is -2.59. The number of non-ortho nitro benzene ring substituents is 1. The Kier molecular flexibility index (Phi) is 6.56. The lowest BCUT2D eigenvalue weighted by molar-refractivity contribution is -0.384. The number of rotatable bonds is 6. The van der Waals surface area contributed by atoms with Gasteiger partial charge >= 0.3 is 5.97 Å². The first-order valence-electron chi connectivity index (χ1n) is 10.7. The number of nitrogens with one attached hydrogen (secondary N) is 1. The van der Waals surface area contributed by atoms with Crippen LogP contribution < -0.4 is 10.2 Å². The molecule has 4 rings (SSSR count). The summed E-state index contributed by atoms with van der Waals surface area (Å²) < 4.78 is 0. The molecule has 2 N–H and O–H groups in total. The maximum absolute atomic E-state index is 13.8. The predicted molar refractivity (Wildman–Crippen MR) is 130 cm³/mol. The second-order valence-corrected chi connectivity index (χ2v) is 9.91. The first-order valence-corrected chi connectivity index (χ1v) is 11.9. The van der Waals surface area contributed by atoms with Crippen molar-refractivity contribution in [2.75, 3.05) is 4.90 Å². The van der Waals surface area contributed by atoms with Crippen molar-refractivity contribution in [3.05, 3.63) is 67.1 Å². The van der Waals surface area contributed by atoms with Crippen molar-refractivity contribution in [2.45, 2.75) is 31.8 Å². The van der Waals surface area contributed by atoms with Crippen LogP contribution in [-0.2, 0) is 14.4 Å². The number of nitro benzene ring substituents is 1. The van der Waals surface area contributed by atoms with Crippen molar-refractivity contribution >= 4 is 64.0 Å². The van der Waals surface area contributed by atoms with Gasteiger partial charge in [0.05, 0.1) is 32.5 Å². The lowest BCUT2D eigenvalue weighted by atomic mass is 9.72. The van der Waals surface area contributed by atoms with Gasteiger partial charge in [0.1, 0.15) is 5.54 Å². The van der Waals surface area contributed by atoms with Gasteiger partial charge in [-0.25, -0.2) is 4.90 Å². The Balaban J connectivity index is 1.94. The number of carbonyl (C=O) groups is 3. The zero-order chi connectivity index (χ0) is 25.8. The maximum Gasteiger partial charge on any atom is 0.325 e. The highest BCUT2D eigenvalue weighted by molar-refractivity contribution is 6.43. The molecule has 9 nitrogen and oxygen atoms in total. The number of carboxylic acid groups (broad SMARTS) is 1. The molecular formula is C23H20Cl3N3O6. The summed E-state index contributed by atoms with van der Waals surface area (Å²) in [6.45, 7) is 3.46. The van der Waals surface area contributed by atoms with Crippen LogP contribution in [0, 0.1) is 27.9 Å². The Morgan fingerprint density at radius 3 is 2.51 bits per heavy atom. The summed E-state index contributed by atoms with van der Waals surface area (Å²) in [5.74, 6) is -5.80. The van der Waals surface area contributed by atoms with Crippen LogP contribution in [0.2, 0.25) is 15.1 Å². The third-order valence-corrected chi connectivity index (χ3v) is 8.03. The third kappa shape index (κ3) is 3.78. The number of benzene rings is 2. The average molecular weight is 541 g/mol. The van der Waals surface area contributed by atoms with Crippen molar-refractivity contribution in [2.24, 2.45) is 17.8 Å². The summed E-state index contributed by atoms with van der Waals surface area (Å²) in [6.07, 6.45) is 0.386. The minimum atomic E-state index is -1.82. The number of fused-ring (bicyclic) bond motifs is 1. The van der Waals surface area contributed by atoms with E-state index in [0.29, 0.717) is 6.42 Å². The first-order chi connectivity index (χ1) is 16.4. The summed E-state index contributed by atoms with van der Waals surface area (Å²) in [7, 11) is 0. The molecule has 2 aliphatic heterocycles. The number of hydrogen-bond donors (Lipinski definition) is 2. The van der Waals surface area contributed by atoms with E-state index in [4.69, 9.17) is 34.8 Å². The number of amides is 2. The van der Waals surface area contributed by atoms with Crippen LogP contribution in [0.15, 0.2) is 36.4 Å².